The van der Waals surface area contributed by atoms with Gasteiger partial charge in [-0.3, -0.25) is 0 Å². The molecular weight excluding hydrogens is 178 g/mol. The number of aliphatic hydroxyl groups is 1. The molecule has 0 aromatic carbocycles. The van der Waals surface area contributed by atoms with Crippen molar-refractivity contribution in [3.05, 3.63) is 23.4 Å². The summed E-state index contributed by atoms with van der Waals surface area (Å²) >= 11 is 0. The van der Waals surface area contributed by atoms with E-state index in [9.17, 15) is 5.11 Å². The van der Waals surface area contributed by atoms with E-state index in [2.05, 4.69) is 4.98 Å². The average Bonchev–Trinajstić information content (AvgIpc) is 2.19. The van der Waals surface area contributed by atoms with Gasteiger partial charge in [0.2, 0.25) is 0 Å². The highest BCUT2D eigenvalue weighted by Crippen LogP contribution is 2.22. The highest BCUT2D eigenvalue weighted by atomic mass is 16.3. The summed E-state index contributed by atoms with van der Waals surface area (Å²) in [6.07, 6.45) is 1.64. The van der Waals surface area contributed by atoms with Crippen LogP contribution in [0.15, 0.2) is 12.3 Å². The third-order valence-corrected chi connectivity index (χ3v) is 2.28. The van der Waals surface area contributed by atoms with Crippen molar-refractivity contribution in [3.63, 3.8) is 0 Å². The highest BCUT2D eigenvalue weighted by molar-refractivity contribution is 5.42. The molecule has 0 aliphatic carbocycles. The van der Waals surface area contributed by atoms with Crippen molar-refractivity contribution in [2.75, 3.05) is 5.73 Å². The Labute approximate surface area is 83.9 Å². The number of hydrogen-bond donors (Lipinski definition) is 3. The lowest BCUT2D eigenvalue weighted by Crippen LogP contribution is -2.28. The summed E-state index contributed by atoms with van der Waals surface area (Å²) in [4.78, 5) is 3.98. The Morgan fingerprint density at radius 3 is 2.79 bits per heavy atom. The lowest BCUT2D eigenvalue weighted by atomic mass is 10.0. The maximum Gasteiger partial charge on any atom is 0.129 e. The van der Waals surface area contributed by atoms with Crippen LogP contribution in [0, 0.1) is 6.92 Å². The maximum absolute atomic E-state index is 9.85. The molecule has 0 unspecified atom stereocenters. The fraction of sp³-hybridized carbons (Fsp3) is 0.500. The fourth-order valence-electron chi connectivity index (χ4n) is 1.29. The molecule has 0 radical (unpaired) electrons. The minimum absolute atomic E-state index is 0.291. The molecule has 2 atom stereocenters. The molecule has 0 amide bonds. The van der Waals surface area contributed by atoms with Crippen molar-refractivity contribution < 1.29 is 5.11 Å². The Bertz CT molecular complexity index is 314. The number of aromatic nitrogens is 1. The second-order valence-corrected chi connectivity index (χ2v) is 3.50. The minimum atomic E-state index is -0.729. The Balaban J connectivity index is 2.99. The second kappa shape index (κ2) is 4.39. The van der Waals surface area contributed by atoms with Crippen LogP contribution in [-0.2, 0) is 0 Å². The third-order valence-electron chi connectivity index (χ3n) is 2.28. The summed E-state index contributed by atoms with van der Waals surface area (Å²) in [5.41, 5.74) is 13.0. The first-order valence-corrected chi connectivity index (χ1v) is 4.72. The van der Waals surface area contributed by atoms with Crippen molar-refractivity contribution in [2.24, 2.45) is 5.73 Å². The van der Waals surface area contributed by atoms with Crippen LogP contribution < -0.4 is 11.5 Å². The number of anilines is 1. The second-order valence-electron chi connectivity index (χ2n) is 3.50. The van der Waals surface area contributed by atoms with Crippen molar-refractivity contribution in [3.8, 4) is 0 Å². The van der Waals surface area contributed by atoms with E-state index in [1.54, 1.807) is 6.20 Å². The van der Waals surface area contributed by atoms with Gasteiger partial charge in [0.25, 0.3) is 0 Å². The van der Waals surface area contributed by atoms with Gasteiger partial charge in [0.15, 0.2) is 0 Å². The smallest absolute Gasteiger partial charge is 0.129 e. The van der Waals surface area contributed by atoms with Gasteiger partial charge in [0.05, 0.1) is 6.10 Å². The van der Waals surface area contributed by atoms with Gasteiger partial charge in [-0.25, -0.2) is 4.98 Å². The highest BCUT2D eigenvalue weighted by Gasteiger charge is 2.18. The van der Waals surface area contributed by atoms with E-state index in [1.807, 2.05) is 19.9 Å². The van der Waals surface area contributed by atoms with Crippen LogP contribution in [0.3, 0.4) is 0 Å². The molecule has 0 aliphatic rings. The Morgan fingerprint density at radius 2 is 2.21 bits per heavy atom. The van der Waals surface area contributed by atoms with Gasteiger partial charge in [0.1, 0.15) is 5.82 Å². The summed E-state index contributed by atoms with van der Waals surface area (Å²) < 4.78 is 0. The minimum Gasteiger partial charge on any atom is -0.387 e. The first-order chi connectivity index (χ1) is 6.56. The van der Waals surface area contributed by atoms with Crippen LogP contribution in [0.1, 0.15) is 30.6 Å². The zero-order valence-electron chi connectivity index (χ0n) is 8.57. The lowest BCUT2D eigenvalue weighted by Gasteiger charge is -2.18. The van der Waals surface area contributed by atoms with Crippen LogP contribution in [0.5, 0.6) is 0 Å². The Kier molecular flexibility index (Phi) is 3.43. The number of nitrogens with zero attached hydrogens (tertiary/aromatic N) is 1. The fourth-order valence-corrected chi connectivity index (χ4v) is 1.29. The van der Waals surface area contributed by atoms with Crippen LogP contribution in [0.4, 0.5) is 5.82 Å². The molecular formula is C10H17N3O. The summed E-state index contributed by atoms with van der Waals surface area (Å²) in [5, 5.41) is 9.85. The van der Waals surface area contributed by atoms with Crippen LogP contribution in [0.2, 0.25) is 0 Å². The molecule has 4 heteroatoms. The SMILES string of the molecule is CC[C@H](N)[C@@H](O)c1cc(C)cnc1N. The van der Waals surface area contributed by atoms with E-state index in [0.29, 0.717) is 17.8 Å². The van der Waals surface area contributed by atoms with Gasteiger partial charge < -0.3 is 16.6 Å². The maximum atomic E-state index is 9.85. The first-order valence-electron chi connectivity index (χ1n) is 4.72. The molecule has 1 heterocycles. The van der Waals surface area contributed by atoms with E-state index in [-0.39, 0.29) is 6.04 Å². The van der Waals surface area contributed by atoms with Gasteiger partial charge in [-0.2, -0.15) is 0 Å². The molecule has 0 bridgehead atoms. The van der Waals surface area contributed by atoms with E-state index in [1.165, 1.54) is 0 Å². The van der Waals surface area contributed by atoms with E-state index < -0.39 is 6.10 Å². The van der Waals surface area contributed by atoms with Crippen molar-refractivity contribution >= 4 is 5.82 Å². The first kappa shape index (κ1) is 10.9. The zero-order chi connectivity index (χ0) is 10.7. The van der Waals surface area contributed by atoms with E-state index in [4.69, 9.17) is 11.5 Å². The summed E-state index contributed by atoms with van der Waals surface area (Å²) in [6.45, 7) is 3.83. The number of nitrogen functional groups attached to an aromatic ring is 1. The number of rotatable bonds is 3. The number of pyridine rings is 1. The molecule has 1 aromatic rings. The monoisotopic (exact) mass is 195 g/mol. The van der Waals surface area contributed by atoms with Crippen molar-refractivity contribution in [1.29, 1.82) is 0 Å². The van der Waals surface area contributed by atoms with Gasteiger partial charge in [-0.1, -0.05) is 6.92 Å². The van der Waals surface area contributed by atoms with Gasteiger partial charge in [0, 0.05) is 17.8 Å². The quantitative estimate of drug-likeness (QED) is 0.664. The number of aryl methyl sites for hydroxylation is 1. The largest absolute Gasteiger partial charge is 0.387 e. The van der Waals surface area contributed by atoms with Gasteiger partial charge >= 0.3 is 0 Å². The van der Waals surface area contributed by atoms with Gasteiger partial charge in [-0.05, 0) is 25.0 Å². The third kappa shape index (κ3) is 2.21. The molecule has 5 N–H and O–H groups in total. The Hall–Kier alpha value is -1.13. The predicted octanol–water partition coefficient (Wildman–Crippen LogP) is 0.743. The number of hydrogen-bond acceptors (Lipinski definition) is 4. The summed E-state index contributed by atoms with van der Waals surface area (Å²) in [5.74, 6) is 0.354. The van der Waals surface area contributed by atoms with E-state index in [0.717, 1.165) is 5.56 Å². The zero-order valence-corrected chi connectivity index (χ0v) is 8.57. The molecule has 1 aromatic heterocycles. The molecule has 4 nitrogen and oxygen atoms in total. The van der Waals surface area contributed by atoms with E-state index >= 15 is 0 Å². The normalized spacial score (nSPS) is 15.1. The summed E-state index contributed by atoms with van der Waals surface area (Å²) in [6, 6.07) is 1.53. The number of nitrogens with two attached hydrogens (primary N) is 2. The molecule has 14 heavy (non-hydrogen) atoms. The number of aliphatic hydroxyl groups excluding tert-OH is 1. The van der Waals surface area contributed by atoms with Crippen LogP contribution in [0.25, 0.3) is 0 Å². The van der Waals surface area contributed by atoms with Crippen molar-refractivity contribution in [2.45, 2.75) is 32.4 Å². The lowest BCUT2D eigenvalue weighted by molar-refractivity contribution is 0.145. The topological polar surface area (TPSA) is 85.2 Å². The predicted molar refractivity (Wildman–Crippen MR) is 56.6 cm³/mol. The molecule has 78 valence electrons. The molecule has 0 fully saturated rings. The Morgan fingerprint density at radius 1 is 1.57 bits per heavy atom. The summed E-state index contributed by atoms with van der Waals surface area (Å²) in [7, 11) is 0. The average molecular weight is 195 g/mol. The van der Waals surface area contributed by atoms with Gasteiger partial charge in [-0.15, -0.1) is 0 Å². The molecule has 0 aliphatic heterocycles. The molecule has 0 saturated heterocycles. The van der Waals surface area contributed by atoms with Crippen LogP contribution in [-0.4, -0.2) is 16.1 Å². The molecule has 0 saturated carbocycles. The molecule has 0 spiro atoms. The molecule has 1 rings (SSSR count). The van der Waals surface area contributed by atoms with Crippen LogP contribution >= 0.6 is 0 Å². The standard InChI is InChI=1S/C10H17N3O/c1-3-8(11)9(14)7-4-6(2)5-13-10(7)12/h4-5,8-9,14H,3,11H2,1-2H3,(H2,12,13)/t8-,9-/m0/s1. The van der Waals surface area contributed by atoms with Crippen molar-refractivity contribution in [1.82, 2.24) is 4.98 Å².